The largest absolute Gasteiger partial charge is 0.382 e. The minimum Gasteiger partial charge on any atom is -0.382 e. The number of nitrogens with two attached hydrogens (primary N) is 1. The number of rotatable bonds is 1. The number of amides is 3. The highest BCUT2D eigenvalue weighted by Crippen LogP contribution is 2.30. The number of benzene rings is 1. The number of imide groups is 1. The molecule has 1 aliphatic rings. The number of carbonyl (C=O) groups excluding carboxylic acids is 2. The van der Waals surface area contributed by atoms with Crippen LogP contribution in [-0.4, -0.2) is 28.3 Å². The highest BCUT2D eigenvalue weighted by atomic mass is 16.2. The molecule has 0 aliphatic carbocycles. The van der Waals surface area contributed by atoms with Gasteiger partial charge in [0.2, 0.25) is 5.91 Å². The predicted octanol–water partition coefficient (Wildman–Crippen LogP) is 0.602. The number of carbonyl (C=O) groups is 2. The Morgan fingerprint density at radius 1 is 1.37 bits per heavy atom. The summed E-state index contributed by atoms with van der Waals surface area (Å²) in [6.07, 6.45) is 0.287. The fraction of sp³-hybridized carbons (Fsp3) is 0.250. The van der Waals surface area contributed by atoms with Crippen LogP contribution in [-0.2, 0) is 11.8 Å². The topological polar surface area (TPSA) is 93.2 Å². The molecule has 98 valence electrons. The third-order valence-corrected chi connectivity index (χ3v) is 3.22. The Kier molecular flexibility index (Phi) is 2.41. The number of hydrogen-bond donors (Lipinski definition) is 2. The Morgan fingerprint density at radius 3 is 2.89 bits per heavy atom. The van der Waals surface area contributed by atoms with Crippen molar-refractivity contribution in [1.29, 1.82) is 0 Å². The number of hydrogen-bond acceptors (Lipinski definition) is 4. The molecule has 0 unspecified atom stereocenters. The van der Waals surface area contributed by atoms with E-state index in [1.54, 1.807) is 11.7 Å². The summed E-state index contributed by atoms with van der Waals surface area (Å²) >= 11 is 0. The zero-order valence-corrected chi connectivity index (χ0v) is 10.4. The van der Waals surface area contributed by atoms with E-state index in [-0.39, 0.29) is 12.3 Å². The fourth-order valence-corrected chi connectivity index (χ4v) is 2.36. The summed E-state index contributed by atoms with van der Waals surface area (Å²) in [5, 5.41) is 7.26. The van der Waals surface area contributed by atoms with Crippen LogP contribution in [0, 0.1) is 0 Å². The van der Waals surface area contributed by atoms with Gasteiger partial charge < -0.3 is 5.73 Å². The molecule has 7 nitrogen and oxygen atoms in total. The standard InChI is InChI=1S/C12H13N5O2/c1-16-10-7(11(13)15-16)3-2-4-8(10)17-6-5-9(18)14-12(17)19/h2-4H,5-6H2,1H3,(H2,13,15)(H,14,18,19). The third-order valence-electron chi connectivity index (χ3n) is 3.22. The molecule has 1 aromatic carbocycles. The number of fused-ring (bicyclic) bond motifs is 1. The lowest BCUT2D eigenvalue weighted by Crippen LogP contribution is -2.49. The van der Waals surface area contributed by atoms with Gasteiger partial charge in [0.1, 0.15) is 0 Å². The lowest BCUT2D eigenvalue weighted by Gasteiger charge is -2.27. The number of nitrogens with one attached hydrogen (secondary N) is 1. The van der Waals surface area contributed by atoms with E-state index in [1.807, 2.05) is 18.2 Å². The lowest BCUT2D eigenvalue weighted by molar-refractivity contribution is -0.120. The fourth-order valence-electron chi connectivity index (χ4n) is 2.36. The quantitative estimate of drug-likeness (QED) is 0.784. The number of anilines is 2. The van der Waals surface area contributed by atoms with E-state index in [4.69, 9.17) is 5.73 Å². The monoisotopic (exact) mass is 259 g/mol. The Labute approximate surface area is 109 Å². The maximum absolute atomic E-state index is 11.9. The van der Waals surface area contributed by atoms with E-state index in [9.17, 15) is 9.59 Å². The first-order chi connectivity index (χ1) is 9.08. The summed E-state index contributed by atoms with van der Waals surface area (Å²) in [4.78, 5) is 24.6. The van der Waals surface area contributed by atoms with Gasteiger partial charge in [-0.15, -0.1) is 0 Å². The number of nitrogen functional groups attached to an aromatic ring is 1. The average Bonchev–Trinajstić information content (AvgIpc) is 2.65. The van der Waals surface area contributed by atoms with Gasteiger partial charge in [0.25, 0.3) is 0 Å². The summed E-state index contributed by atoms with van der Waals surface area (Å²) in [5.41, 5.74) is 7.31. The molecule has 1 saturated heterocycles. The molecule has 0 spiro atoms. The molecule has 1 aromatic heterocycles. The van der Waals surface area contributed by atoms with Crippen LogP contribution in [0.25, 0.3) is 10.9 Å². The van der Waals surface area contributed by atoms with E-state index < -0.39 is 6.03 Å². The predicted molar refractivity (Wildman–Crippen MR) is 70.6 cm³/mol. The van der Waals surface area contributed by atoms with Crippen molar-refractivity contribution in [3.05, 3.63) is 18.2 Å². The van der Waals surface area contributed by atoms with Gasteiger partial charge in [-0.2, -0.15) is 5.10 Å². The van der Waals surface area contributed by atoms with Gasteiger partial charge in [-0.1, -0.05) is 6.07 Å². The second-order valence-electron chi connectivity index (χ2n) is 4.44. The zero-order chi connectivity index (χ0) is 13.6. The molecule has 0 saturated carbocycles. The van der Waals surface area contributed by atoms with Crippen LogP contribution in [0.2, 0.25) is 0 Å². The third kappa shape index (κ3) is 1.70. The van der Waals surface area contributed by atoms with Crippen LogP contribution in [0.1, 0.15) is 6.42 Å². The van der Waals surface area contributed by atoms with E-state index in [1.165, 1.54) is 4.90 Å². The number of aromatic nitrogens is 2. The molecule has 3 amide bonds. The highest BCUT2D eigenvalue weighted by molar-refractivity contribution is 6.10. The van der Waals surface area contributed by atoms with Crippen molar-refractivity contribution in [3.8, 4) is 0 Å². The number of aryl methyl sites for hydroxylation is 1. The molecule has 3 N–H and O–H groups in total. The maximum Gasteiger partial charge on any atom is 0.328 e. The summed E-state index contributed by atoms with van der Waals surface area (Å²) < 4.78 is 1.64. The van der Waals surface area contributed by atoms with Gasteiger partial charge in [0.15, 0.2) is 5.82 Å². The van der Waals surface area contributed by atoms with Crippen molar-refractivity contribution in [2.75, 3.05) is 17.2 Å². The van der Waals surface area contributed by atoms with Crippen molar-refractivity contribution < 1.29 is 9.59 Å². The minimum atomic E-state index is -0.413. The average molecular weight is 259 g/mol. The molecule has 7 heteroatoms. The minimum absolute atomic E-state index is 0.252. The molecular formula is C12H13N5O2. The summed E-state index contributed by atoms with van der Waals surface area (Å²) in [5.74, 6) is 0.172. The first-order valence-corrected chi connectivity index (χ1v) is 5.90. The van der Waals surface area contributed by atoms with Gasteiger partial charge >= 0.3 is 6.03 Å². The molecule has 1 aliphatic heterocycles. The molecule has 2 aromatic rings. The summed E-state index contributed by atoms with van der Waals surface area (Å²) in [6, 6.07) is 5.08. The van der Waals surface area contributed by atoms with Gasteiger partial charge in [0.05, 0.1) is 11.2 Å². The van der Waals surface area contributed by atoms with Crippen molar-refractivity contribution in [2.24, 2.45) is 7.05 Å². The van der Waals surface area contributed by atoms with Crippen molar-refractivity contribution in [2.45, 2.75) is 6.42 Å². The Balaban J connectivity index is 2.15. The first-order valence-electron chi connectivity index (χ1n) is 5.90. The van der Waals surface area contributed by atoms with Crippen molar-refractivity contribution in [3.63, 3.8) is 0 Å². The molecule has 0 bridgehead atoms. The highest BCUT2D eigenvalue weighted by Gasteiger charge is 2.26. The van der Waals surface area contributed by atoms with Crippen molar-refractivity contribution >= 4 is 34.3 Å². The van der Waals surface area contributed by atoms with E-state index in [2.05, 4.69) is 10.4 Å². The molecular weight excluding hydrogens is 246 g/mol. The molecule has 3 rings (SSSR count). The molecule has 1 fully saturated rings. The van der Waals surface area contributed by atoms with Crippen LogP contribution in [0.5, 0.6) is 0 Å². The molecule has 19 heavy (non-hydrogen) atoms. The molecule has 0 radical (unpaired) electrons. The van der Waals surface area contributed by atoms with Crippen LogP contribution >= 0.6 is 0 Å². The van der Waals surface area contributed by atoms with E-state index in [0.29, 0.717) is 18.1 Å². The van der Waals surface area contributed by atoms with Gasteiger partial charge in [0, 0.05) is 25.4 Å². The second kappa shape index (κ2) is 3.98. The number of para-hydroxylation sites is 1. The van der Waals surface area contributed by atoms with Gasteiger partial charge in [-0.25, -0.2) is 4.79 Å². The van der Waals surface area contributed by atoms with Crippen LogP contribution in [0.15, 0.2) is 18.2 Å². The Morgan fingerprint density at radius 2 is 2.16 bits per heavy atom. The summed E-state index contributed by atoms with van der Waals surface area (Å²) in [6.45, 7) is 0.356. The van der Waals surface area contributed by atoms with Crippen LogP contribution < -0.4 is 16.0 Å². The van der Waals surface area contributed by atoms with Gasteiger partial charge in [-0.05, 0) is 12.1 Å². The Hall–Kier alpha value is -2.57. The number of nitrogens with zero attached hydrogens (tertiary/aromatic N) is 3. The SMILES string of the molecule is Cn1nc(N)c2cccc(N3CCC(=O)NC3=O)c21. The lowest BCUT2D eigenvalue weighted by atomic mass is 10.2. The second-order valence-corrected chi connectivity index (χ2v) is 4.44. The van der Waals surface area contributed by atoms with Crippen molar-refractivity contribution in [1.82, 2.24) is 15.1 Å². The smallest absolute Gasteiger partial charge is 0.328 e. The first kappa shape index (κ1) is 11.5. The Bertz CT molecular complexity index is 691. The van der Waals surface area contributed by atoms with Gasteiger partial charge in [-0.3, -0.25) is 19.7 Å². The van der Waals surface area contributed by atoms with E-state index in [0.717, 1.165) is 10.9 Å². The summed E-state index contributed by atoms with van der Waals surface area (Å²) in [7, 11) is 1.77. The number of urea groups is 1. The molecule has 2 heterocycles. The maximum atomic E-state index is 11.9. The van der Waals surface area contributed by atoms with Crippen LogP contribution in [0.4, 0.5) is 16.3 Å². The normalized spacial score (nSPS) is 15.9. The van der Waals surface area contributed by atoms with E-state index >= 15 is 0 Å². The zero-order valence-electron chi connectivity index (χ0n) is 10.4. The molecule has 0 atom stereocenters. The van der Waals surface area contributed by atoms with Crippen LogP contribution in [0.3, 0.4) is 0 Å².